The molecule has 1 unspecified atom stereocenters. The third-order valence-electron chi connectivity index (χ3n) is 3.96. The molecule has 0 saturated carbocycles. The molecule has 1 aliphatic rings. The summed E-state index contributed by atoms with van der Waals surface area (Å²) in [4.78, 5) is 25.4. The van der Waals surface area contributed by atoms with Crippen LogP contribution in [-0.2, 0) is 20.9 Å². The Morgan fingerprint density at radius 2 is 2.27 bits per heavy atom. The molecule has 10 heteroatoms. The molecule has 1 saturated heterocycles. The van der Waals surface area contributed by atoms with Crippen LogP contribution in [0.1, 0.15) is 13.3 Å². The van der Waals surface area contributed by atoms with Crippen molar-refractivity contribution < 1.29 is 18.7 Å². The van der Waals surface area contributed by atoms with Crippen molar-refractivity contribution in [2.75, 3.05) is 25.4 Å². The first-order chi connectivity index (χ1) is 12.5. The summed E-state index contributed by atoms with van der Waals surface area (Å²) in [6.07, 6.45) is 1.73. The molecule has 0 radical (unpaired) electrons. The van der Waals surface area contributed by atoms with Gasteiger partial charge in [0.1, 0.15) is 0 Å². The van der Waals surface area contributed by atoms with Crippen LogP contribution in [0.2, 0.25) is 0 Å². The van der Waals surface area contributed by atoms with Crippen molar-refractivity contribution in [1.29, 1.82) is 0 Å². The van der Waals surface area contributed by atoms with Crippen molar-refractivity contribution in [2.24, 2.45) is 5.73 Å². The number of carbonyl (C=O) groups excluding carboxylic acids is 2. The van der Waals surface area contributed by atoms with Crippen molar-refractivity contribution >= 4 is 23.6 Å². The molecule has 1 atom stereocenters. The second-order valence-electron chi connectivity index (χ2n) is 5.96. The Hall–Kier alpha value is -2.33. The SMILES string of the molecule is CC1CN(C(=O)CSc2nnc(-c3ccco3)n2CCC(N)=O)CCO1. The minimum absolute atomic E-state index is 0.0224. The molecule has 2 aromatic rings. The topological polar surface area (TPSA) is 116 Å². The van der Waals surface area contributed by atoms with E-state index in [1.807, 2.05) is 6.92 Å². The molecule has 26 heavy (non-hydrogen) atoms. The van der Waals surface area contributed by atoms with E-state index in [0.29, 0.717) is 43.0 Å². The number of ether oxygens (including phenoxy) is 1. The molecule has 3 rings (SSSR count). The number of hydrogen-bond acceptors (Lipinski definition) is 7. The highest BCUT2D eigenvalue weighted by Gasteiger charge is 2.23. The maximum atomic E-state index is 12.4. The highest BCUT2D eigenvalue weighted by Crippen LogP contribution is 2.25. The van der Waals surface area contributed by atoms with Gasteiger partial charge in [0.05, 0.1) is 24.7 Å². The van der Waals surface area contributed by atoms with E-state index < -0.39 is 5.91 Å². The van der Waals surface area contributed by atoms with E-state index in [0.717, 1.165) is 0 Å². The molecule has 2 N–H and O–H groups in total. The lowest BCUT2D eigenvalue weighted by atomic mass is 10.3. The van der Waals surface area contributed by atoms with E-state index in [2.05, 4.69) is 10.2 Å². The van der Waals surface area contributed by atoms with E-state index in [-0.39, 0.29) is 24.2 Å². The fraction of sp³-hybridized carbons (Fsp3) is 0.500. The molecule has 1 fully saturated rings. The number of primary amides is 1. The van der Waals surface area contributed by atoms with Gasteiger partial charge in [-0.2, -0.15) is 0 Å². The first kappa shape index (κ1) is 18.5. The van der Waals surface area contributed by atoms with Gasteiger partial charge in [-0.15, -0.1) is 10.2 Å². The number of nitrogens with two attached hydrogens (primary N) is 1. The molecule has 2 aromatic heterocycles. The van der Waals surface area contributed by atoms with E-state index in [1.54, 1.807) is 27.9 Å². The minimum atomic E-state index is -0.418. The first-order valence-electron chi connectivity index (χ1n) is 8.32. The van der Waals surface area contributed by atoms with Crippen LogP contribution in [-0.4, -0.2) is 63.0 Å². The summed E-state index contributed by atoms with van der Waals surface area (Å²) in [5, 5.41) is 8.84. The quantitative estimate of drug-likeness (QED) is 0.706. The Balaban J connectivity index is 1.70. The number of hydrogen-bond donors (Lipinski definition) is 1. The van der Waals surface area contributed by atoms with Gasteiger partial charge in [-0.1, -0.05) is 11.8 Å². The molecule has 0 bridgehead atoms. The number of morpholine rings is 1. The van der Waals surface area contributed by atoms with Gasteiger partial charge in [0.15, 0.2) is 16.7 Å². The number of nitrogens with zero attached hydrogens (tertiary/aromatic N) is 4. The Kier molecular flexibility index (Phi) is 5.94. The molecular weight excluding hydrogens is 358 g/mol. The maximum absolute atomic E-state index is 12.4. The second-order valence-corrected chi connectivity index (χ2v) is 6.90. The smallest absolute Gasteiger partial charge is 0.233 e. The fourth-order valence-electron chi connectivity index (χ4n) is 2.67. The van der Waals surface area contributed by atoms with Crippen molar-refractivity contribution in [2.45, 2.75) is 31.1 Å². The van der Waals surface area contributed by atoms with Crippen LogP contribution in [0.5, 0.6) is 0 Å². The summed E-state index contributed by atoms with van der Waals surface area (Å²) < 4.78 is 12.6. The Morgan fingerprint density at radius 1 is 1.42 bits per heavy atom. The summed E-state index contributed by atoms with van der Waals surface area (Å²) in [5.41, 5.74) is 5.26. The lowest BCUT2D eigenvalue weighted by molar-refractivity contribution is -0.135. The molecule has 140 valence electrons. The lowest BCUT2D eigenvalue weighted by Crippen LogP contribution is -2.45. The molecule has 9 nitrogen and oxygen atoms in total. The van der Waals surface area contributed by atoms with Crippen LogP contribution in [0.25, 0.3) is 11.6 Å². The zero-order valence-corrected chi connectivity index (χ0v) is 15.3. The van der Waals surface area contributed by atoms with E-state index in [4.69, 9.17) is 14.9 Å². The number of aromatic nitrogens is 3. The number of carbonyl (C=O) groups is 2. The third-order valence-corrected chi connectivity index (χ3v) is 4.91. The van der Waals surface area contributed by atoms with Crippen molar-refractivity contribution in [3.05, 3.63) is 18.4 Å². The molecule has 0 aromatic carbocycles. The van der Waals surface area contributed by atoms with Gasteiger partial charge >= 0.3 is 0 Å². The third kappa shape index (κ3) is 4.44. The fourth-order valence-corrected chi connectivity index (χ4v) is 3.54. The monoisotopic (exact) mass is 379 g/mol. The summed E-state index contributed by atoms with van der Waals surface area (Å²) in [6.45, 7) is 4.00. The maximum Gasteiger partial charge on any atom is 0.233 e. The molecule has 2 amide bonds. The van der Waals surface area contributed by atoms with Gasteiger partial charge in [0, 0.05) is 26.1 Å². The van der Waals surface area contributed by atoms with E-state index >= 15 is 0 Å². The minimum Gasteiger partial charge on any atom is -0.461 e. The van der Waals surface area contributed by atoms with Crippen LogP contribution in [0.4, 0.5) is 0 Å². The molecule has 0 aliphatic carbocycles. The number of rotatable bonds is 7. The Morgan fingerprint density at radius 3 is 2.96 bits per heavy atom. The molecule has 0 spiro atoms. The van der Waals surface area contributed by atoms with E-state index in [9.17, 15) is 9.59 Å². The highest BCUT2D eigenvalue weighted by molar-refractivity contribution is 7.99. The first-order valence-corrected chi connectivity index (χ1v) is 9.30. The zero-order valence-electron chi connectivity index (χ0n) is 14.5. The van der Waals surface area contributed by atoms with Gasteiger partial charge in [-0.05, 0) is 19.1 Å². The van der Waals surface area contributed by atoms with Gasteiger partial charge in [0.25, 0.3) is 0 Å². The van der Waals surface area contributed by atoms with Crippen LogP contribution in [0, 0.1) is 0 Å². The van der Waals surface area contributed by atoms with Crippen molar-refractivity contribution in [1.82, 2.24) is 19.7 Å². The summed E-state index contributed by atoms with van der Waals surface area (Å²) in [6, 6.07) is 3.51. The standard InChI is InChI=1S/C16H21N5O4S/c1-11-9-20(6-8-24-11)14(23)10-26-16-19-18-15(12-3-2-7-25-12)21(16)5-4-13(17)22/h2-3,7,11H,4-6,8-10H2,1H3,(H2,17,22). The number of furan rings is 1. The highest BCUT2D eigenvalue weighted by atomic mass is 32.2. The van der Waals surface area contributed by atoms with Crippen LogP contribution in [0.15, 0.2) is 28.0 Å². The number of amides is 2. The van der Waals surface area contributed by atoms with Gasteiger partial charge < -0.3 is 19.8 Å². The predicted octanol–water partition coefficient (Wildman–Crippen LogP) is 0.753. The van der Waals surface area contributed by atoms with Crippen molar-refractivity contribution in [3.63, 3.8) is 0 Å². The summed E-state index contributed by atoms with van der Waals surface area (Å²) in [5.74, 6) is 0.889. The summed E-state index contributed by atoms with van der Waals surface area (Å²) >= 11 is 1.28. The zero-order chi connectivity index (χ0) is 18.5. The molecule has 3 heterocycles. The van der Waals surface area contributed by atoms with Crippen LogP contribution >= 0.6 is 11.8 Å². The van der Waals surface area contributed by atoms with Gasteiger partial charge in [-0.25, -0.2) is 0 Å². The van der Waals surface area contributed by atoms with E-state index in [1.165, 1.54) is 11.8 Å². The second kappa shape index (κ2) is 8.37. The number of thioether (sulfide) groups is 1. The van der Waals surface area contributed by atoms with Crippen LogP contribution in [0.3, 0.4) is 0 Å². The Bertz CT molecular complexity index is 761. The molecular formula is C16H21N5O4S. The largest absolute Gasteiger partial charge is 0.461 e. The van der Waals surface area contributed by atoms with Gasteiger partial charge in [0.2, 0.25) is 11.8 Å². The average Bonchev–Trinajstić information content (AvgIpc) is 3.27. The van der Waals surface area contributed by atoms with Crippen LogP contribution < -0.4 is 5.73 Å². The molecule has 1 aliphatic heterocycles. The Labute approximate surface area is 154 Å². The summed E-state index contributed by atoms with van der Waals surface area (Å²) in [7, 11) is 0. The lowest BCUT2D eigenvalue weighted by Gasteiger charge is -2.31. The normalized spacial score (nSPS) is 17.4. The average molecular weight is 379 g/mol. The predicted molar refractivity (Wildman–Crippen MR) is 94.3 cm³/mol. The van der Waals surface area contributed by atoms with Gasteiger partial charge in [-0.3, -0.25) is 14.2 Å². The van der Waals surface area contributed by atoms with Crippen molar-refractivity contribution in [3.8, 4) is 11.6 Å².